The molecule has 1 unspecified atom stereocenters. The van der Waals surface area contributed by atoms with Gasteiger partial charge in [0.05, 0.1) is 6.10 Å². The molecule has 0 saturated heterocycles. The van der Waals surface area contributed by atoms with Crippen molar-refractivity contribution in [1.82, 2.24) is 10.2 Å². The van der Waals surface area contributed by atoms with Crippen LogP contribution in [0.4, 0.5) is 4.79 Å². The Bertz CT molecular complexity index is 266. The van der Waals surface area contributed by atoms with Crippen molar-refractivity contribution in [3.8, 4) is 0 Å². The summed E-state index contributed by atoms with van der Waals surface area (Å²) in [6.07, 6.45) is -0.261. The molecule has 2 atom stereocenters. The third-order valence-corrected chi connectivity index (χ3v) is 2.19. The Morgan fingerprint density at radius 2 is 1.82 bits per heavy atom. The normalized spacial score (nSPS) is 14.2. The number of nitrogens with zero attached hydrogens (tertiary/aromatic N) is 1. The van der Waals surface area contributed by atoms with Gasteiger partial charge in [-0.1, -0.05) is 13.8 Å². The van der Waals surface area contributed by atoms with Crippen LogP contribution < -0.4 is 5.32 Å². The van der Waals surface area contributed by atoms with Crippen molar-refractivity contribution in [2.75, 3.05) is 13.6 Å². The summed E-state index contributed by atoms with van der Waals surface area (Å²) in [6, 6.07) is -1.38. The van der Waals surface area contributed by atoms with Crippen LogP contribution in [0.1, 0.15) is 27.2 Å². The van der Waals surface area contributed by atoms with Crippen molar-refractivity contribution < 1.29 is 19.8 Å². The number of amides is 2. The largest absolute Gasteiger partial charge is 0.480 e. The number of aliphatic carboxylic acids is 1. The van der Waals surface area contributed by atoms with Gasteiger partial charge in [0.2, 0.25) is 0 Å². The molecule has 0 spiro atoms. The third-order valence-electron chi connectivity index (χ3n) is 2.19. The van der Waals surface area contributed by atoms with E-state index in [4.69, 9.17) is 10.2 Å². The molecule has 6 nitrogen and oxygen atoms in total. The molecule has 0 heterocycles. The fourth-order valence-electron chi connectivity index (χ4n) is 1.43. The van der Waals surface area contributed by atoms with Gasteiger partial charge in [-0.25, -0.2) is 9.59 Å². The first-order valence-electron chi connectivity index (χ1n) is 5.66. The van der Waals surface area contributed by atoms with Crippen LogP contribution in [0, 0.1) is 5.92 Å². The number of carbonyl (C=O) groups is 2. The quantitative estimate of drug-likeness (QED) is 0.637. The maximum absolute atomic E-state index is 11.6. The van der Waals surface area contributed by atoms with E-state index in [0.29, 0.717) is 6.42 Å². The second-order valence-electron chi connectivity index (χ2n) is 4.70. The van der Waals surface area contributed by atoms with Gasteiger partial charge >= 0.3 is 12.0 Å². The summed E-state index contributed by atoms with van der Waals surface area (Å²) < 4.78 is 0. The van der Waals surface area contributed by atoms with E-state index in [1.54, 1.807) is 6.92 Å². The summed E-state index contributed by atoms with van der Waals surface area (Å²) >= 11 is 0. The highest BCUT2D eigenvalue weighted by Gasteiger charge is 2.22. The molecular weight excluding hydrogens is 224 g/mol. The average molecular weight is 246 g/mol. The zero-order chi connectivity index (χ0) is 13.6. The number of aliphatic hydroxyl groups is 1. The zero-order valence-electron chi connectivity index (χ0n) is 10.8. The average Bonchev–Trinajstić information content (AvgIpc) is 2.14. The highest BCUT2D eigenvalue weighted by atomic mass is 16.4. The molecule has 2 amide bonds. The van der Waals surface area contributed by atoms with Gasteiger partial charge in [-0.3, -0.25) is 0 Å². The summed E-state index contributed by atoms with van der Waals surface area (Å²) in [6.45, 7) is 5.51. The first kappa shape index (κ1) is 15.7. The van der Waals surface area contributed by atoms with Crippen LogP contribution in [0.15, 0.2) is 0 Å². The van der Waals surface area contributed by atoms with Crippen LogP contribution in [-0.4, -0.2) is 52.9 Å². The number of carboxylic acid groups (broad SMARTS) is 1. The number of likely N-dealkylation sites (N-methyl/N-ethyl adjacent to an activating group) is 1. The Balaban J connectivity index is 4.35. The minimum Gasteiger partial charge on any atom is -0.480 e. The number of urea groups is 1. The van der Waals surface area contributed by atoms with Crippen LogP contribution in [-0.2, 0) is 4.79 Å². The molecule has 100 valence electrons. The molecular formula is C11H22N2O4. The highest BCUT2D eigenvalue weighted by molar-refractivity contribution is 5.82. The van der Waals surface area contributed by atoms with E-state index in [9.17, 15) is 9.59 Å². The number of hydrogen-bond donors (Lipinski definition) is 3. The first-order valence-corrected chi connectivity index (χ1v) is 5.66. The molecule has 0 bridgehead atoms. The molecule has 0 radical (unpaired) electrons. The standard InChI is InChI=1S/C11H22N2O4/c1-7(2)5-9(10(15)16)12-11(17)13(4)6-8(3)14/h7-9,14H,5-6H2,1-4H3,(H,12,17)(H,15,16)/t8?,9-/m1/s1. The lowest BCUT2D eigenvalue weighted by molar-refractivity contribution is -0.139. The molecule has 0 saturated carbocycles. The number of aliphatic hydroxyl groups excluding tert-OH is 1. The highest BCUT2D eigenvalue weighted by Crippen LogP contribution is 2.05. The van der Waals surface area contributed by atoms with Gasteiger partial charge in [-0.2, -0.15) is 0 Å². The molecule has 0 rings (SSSR count). The number of hydrogen-bond acceptors (Lipinski definition) is 3. The van der Waals surface area contributed by atoms with Gasteiger partial charge in [0.1, 0.15) is 6.04 Å². The smallest absolute Gasteiger partial charge is 0.326 e. The fraction of sp³-hybridized carbons (Fsp3) is 0.818. The number of carboxylic acids is 1. The first-order chi connectivity index (χ1) is 7.73. The van der Waals surface area contributed by atoms with E-state index < -0.39 is 24.1 Å². The lowest BCUT2D eigenvalue weighted by atomic mass is 10.0. The van der Waals surface area contributed by atoms with Crippen molar-refractivity contribution in [2.45, 2.75) is 39.3 Å². The van der Waals surface area contributed by atoms with Crippen LogP contribution in [0.3, 0.4) is 0 Å². The minimum atomic E-state index is -1.04. The maximum atomic E-state index is 11.6. The van der Waals surface area contributed by atoms with E-state index >= 15 is 0 Å². The summed E-state index contributed by atoms with van der Waals surface area (Å²) in [5.41, 5.74) is 0. The predicted octanol–water partition coefficient (Wildman–Crippen LogP) is 0.508. The molecule has 0 aromatic carbocycles. The lowest BCUT2D eigenvalue weighted by Crippen LogP contribution is -2.48. The summed E-state index contributed by atoms with van der Waals surface area (Å²) in [5, 5.41) is 20.5. The Hall–Kier alpha value is -1.30. The van der Waals surface area contributed by atoms with Gasteiger partial charge < -0.3 is 20.4 Å². The lowest BCUT2D eigenvalue weighted by Gasteiger charge is -2.23. The Kier molecular flexibility index (Phi) is 6.57. The van der Waals surface area contributed by atoms with Crippen molar-refractivity contribution in [3.05, 3.63) is 0 Å². The van der Waals surface area contributed by atoms with Crippen molar-refractivity contribution in [3.63, 3.8) is 0 Å². The van der Waals surface area contributed by atoms with Gasteiger partial charge in [0.25, 0.3) is 0 Å². The summed E-state index contributed by atoms with van der Waals surface area (Å²) in [4.78, 5) is 23.8. The van der Waals surface area contributed by atoms with E-state index in [2.05, 4.69) is 5.32 Å². The van der Waals surface area contributed by atoms with E-state index in [1.165, 1.54) is 11.9 Å². The monoisotopic (exact) mass is 246 g/mol. The van der Waals surface area contributed by atoms with Crippen LogP contribution in [0.25, 0.3) is 0 Å². The van der Waals surface area contributed by atoms with Gasteiger partial charge in [0.15, 0.2) is 0 Å². The van der Waals surface area contributed by atoms with Crippen LogP contribution in [0.2, 0.25) is 0 Å². The number of nitrogens with one attached hydrogen (secondary N) is 1. The van der Waals surface area contributed by atoms with Gasteiger partial charge in [-0.05, 0) is 19.3 Å². The Morgan fingerprint density at radius 3 is 2.18 bits per heavy atom. The number of rotatable bonds is 6. The second-order valence-corrected chi connectivity index (χ2v) is 4.70. The van der Waals surface area contributed by atoms with Crippen LogP contribution in [0.5, 0.6) is 0 Å². The SMILES string of the molecule is CC(C)C[C@@H](NC(=O)N(C)CC(C)O)C(=O)O. The molecule has 0 aliphatic heterocycles. The molecule has 3 N–H and O–H groups in total. The molecule has 0 aliphatic rings. The molecule has 17 heavy (non-hydrogen) atoms. The predicted molar refractivity (Wildman–Crippen MR) is 63.7 cm³/mol. The van der Waals surface area contributed by atoms with E-state index in [-0.39, 0.29) is 12.5 Å². The van der Waals surface area contributed by atoms with Gasteiger partial charge in [-0.15, -0.1) is 0 Å². The van der Waals surface area contributed by atoms with Crippen molar-refractivity contribution in [1.29, 1.82) is 0 Å². The number of carbonyl (C=O) groups excluding carboxylic acids is 1. The van der Waals surface area contributed by atoms with E-state index in [1.807, 2.05) is 13.8 Å². The third kappa shape index (κ3) is 6.78. The van der Waals surface area contributed by atoms with Crippen molar-refractivity contribution >= 4 is 12.0 Å². The minimum absolute atomic E-state index is 0.167. The molecule has 0 aliphatic carbocycles. The molecule has 0 aromatic heterocycles. The molecule has 6 heteroatoms. The zero-order valence-corrected chi connectivity index (χ0v) is 10.8. The second kappa shape index (κ2) is 7.11. The van der Waals surface area contributed by atoms with Crippen LogP contribution >= 0.6 is 0 Å². The van der Waals surface area contributed by atoms with Crippen molar-refractivity contribution in [2.24, 2.45) is 5.92 Å². The van der Waals surface area contributed by atoms with Gasteiger partial charge in [0, 0.05) is 13.6 Å². The maximum Gasteiger partial charge on any atom is 0.326 e. The molecule has 0 fully saturated rings. The Labute approximate surface area is 102 Å². The Morgan fingerprint density at radius 1 is 1.29 bits per heavy atom. The fourth-order valence-corrected chi connectivity index (χ4v) is 1.43. The molecule has 0 aromatic rings. The summed E-state index contributed by atoms with van der Waals surface area (Å²) in [5.74, 6) is -0.865. The topological polar surface area (TPSA) is 89.9 Å². The summed E-state index contributed by atoms with van der Waals surface area (Å²) in [7, 11) is 1.51. The van der Waals surface area contributed by atoms with E-state index in [0.717, 1.165) is 0 Å².